The van der Waals surface area contributed by atoms with Crippen molar-refractivity contribution in [1.82, 2.24) is 0 Å². The lowest BCUT2D eigenvalue weighted by Gasteiger charge is -2.09. The van der Waals surface area contributed by atoms with Crippen LogP contribution < -0.4 is 5.73 Å². The van der Waals surface area contributed by atoms with Gasteiger partial charge in [0.25, 0.3) is 0 Å². The first-order valence-corrected chi connectivity index (χ1v) is 7.26. The van der Waals surface area contributed by atoms with Gasteiger partial charge in [0.15, 0.2) is 0 Å². The van der Waals surface area contributed by atoms with Crippen LogP contribution in [-0.2, 0) is 16.6 Å². The monoisotopic (exact) mass is 279 g/mol. The Balaban J connectivity index is 2.28. The van der Waals surface area contributed by atoms with E-state index >= 15 is 0 Å². The summed E-state index contributed by atoms with van der Waals surface area (Å²) >= 11 is 6.07. The molecule has 1 atom stereocenters. The van der Waals surface area contributed by atoms with Crippen LogP contribution in [0.5, 0.6) is 0 Å². The van der Waals surface area contributed by atoms with Gasteiger partial charge in [-0.05, 0) is 36.2 Å². The van der Waals surface area contributed by atoms with E-state index in [1.807, 2.05) is 43.3 Å². The van der Waals surface area contributed by atoms with Gasteiger partial charge < -0.3 is 5.73 Å². The van der Waals surface area contributed by atoms with Crippen molar-refractivity contribution in [2.45, 2.75) is 17.6 Å². The standard InChI is InChI=1S/C14H14ClNOS/c1-10-13(16)7-4-8-14(10)18(17)9-11-5-2-3-6-12(11)15/h2-8H,9,16H2,1H3. The number of rotatable bonds is 3. The molecule has 0 bridgehead atoms. The molecule has 0 saturated heterocycles. The fourth-order valence-electron chi connectivity index (χ4n) is 1.71. The average Bonchev–Trinajstić information content (AvgIpc) is 2.35. The molecule has 2 N–H and O–H groups in total. The SMILES string of the molecule is Cc1c(N)cccc1S(=O)Cc1ccccc1Cl. The molecule has 1 unspecified atom stereocenters. The van der Waals surface area contributed by atoms with E-state index in [2.05, 4.69) is 0 Å². The van der Waals surface area contributed by atoms with Crippen LogP contribution in [0.3, 0.4) is 0 Å². The second-order valence-electron chi connectivity index (χ2n) is 4.05. The Morgan fingerprint density at radius 2 is 1.89 bits per heavy atom. The van der Waals surface area contributed by atoms with Gasteiger partial charge in [-0.25, -0.2) is 0 Å². The predicted molar refractivity (Wildman–Crippen MR) is 77.2 cm³/mol. The lowest BCUT2D eigenvalue weighted by atomic mass is 10.2. The maximum atomic E-state index is 12.3. The summed E-state index contributed by atoms with van der Waals surface area (Å²) in [6.07, 6.45) is 0. The van der Waals surface area contributed by atoms with Crippen molar-refractivity contribution < 1.29 is 4.21 Å². The summed E-state index contributed by atoms with van der Waals surface area (Å²) in [5.74, 6) is 0.407. The van der Waals surface area contributed by atoms with E-state index in [0.29, 0.717) is 16.5 Å². The molecule has 0 heterocycles. The van der Waals surface area contributed by atoms with Gasteiger partial charge in [0.2, 0.25) is 0 Å². The molecule has 18 heavy (non-hydrogen) atoms. The molecule has 2 aromatic carbocycles. The Bertz CT molecular complexity index is 598. The van der Waals surface area contributed by atoms with Gasteiger partial charge in [0, 0.05) is 15.6 Å². The number of hydrogen-bond donors (Lipinski definition) is 1. The van der Waals surface area contributed by atoms with E-state index < -0.39 is 10.8 Å². The topological polar surface area (TPSA) is 43.1 Å². The number of nitrogen functional groups attached to an aromatic ring is 1. The Kier molecular flexibility index (Phi) is 4.04. The van der Waals surface area contributed by atoms with Crippen molar-refractivity contribution in [2.24, 2.45) is 0 Å². The first kappa shape index (κ1) is 13.1. The van der Waals surface area contributed by atoms with E-state index in [0.717, 1.165) is 16.0 Å². The van der Waals surface area contributed by atoms with E-state index in [4.69, 9.17) is 17.3 Å². The second kappa shape index (κ2) is 5.55. The quantitative estimate of drug-likeness (QED) is 0.874. The van der Waals surface area contributed by atoms with Gasteiger partial charge in [0.1, 0.15) is 0 Å². The molecule has 2 rings (SSSR count). The van der Waals surface area contributed by atoms with E-state index in [1.165, 1.54) is 0 Å². The molecule has 0 aromatic heterocycles. The molecule has 0 spiro atoms. The number of hydrogen-bond acceptors (Lipinski definition) is 2. The molecule has 2 aromatic rings. The molecule has 0 saturated carbocycles. The average molecular weight is 280 g/mol. The number of halogens is 1. The third kappa shape index (κ3) is 2.74. The molecule has 0 radical (unpaired) electrons. The van der Waals surface area contributed by atoms with Crippen molar-refractivity contribution in [1.29, 1.82) is 0 Å². The van der Waals surface area contributed by atoms with Crippen molar-refractivity contribution in [3.8, 4) is 0 Å². The summed E-state index contributed by atoms with van der Waals surface area (Å²) in [5.41, 5.74) is 8.25. The van der Waals surface area contributed by atoms with Crippen LogP contribution >= 0.6 is 11.6 Å². The van der Waals surface area contributed by atoms with E-state index in [-0.39, 0.29) is 0 Å². The van der Waals surface area contributed by atoms with Crippen LogP contribution in [0.4, 0.5) is 5.69 Å². The molecular formula is C14H14ClNOS. The highest BCUT2D eigenvalue weighted by atomic mass is 35.5. The molecule has 0 aliphatic carbocycles. The molecule has 2 nitrogen and oxygen atoms in total. The van der Waals surface area contributed by atoms with E-state index in [1.54, 1.807) is 6.07 Å². The van der Waals surface area contributed by atoms with Crippen LogP contribution in [0, 0.1) is 6.92 Å². The van der Waals surface area contributed by atoms with Crippen molar-refractivity contribution in [3.05, 3.63) is 58.6 Å². The predicted octanol–water partition coefficient (Wildman–Crippen LogP) is 3.54. The zero-order valence-corrected chi connectivity index (χ0v) is 11.6. The zero-order chi connectivity index (χ0) is 13.1. The van der Waals surface area contributed by atoms with Crippen LogP contribution in [0.25, 0.3) is 0 Å². The molecule has 0 fully saturated rings. The number of nitrogens with two attached hydrogens (primary N) is 1. The fraction of sp³-hybridized carbons (Fsp3) is 0.143. The van der Waals surface area contributed by atoms with Gasteiger partial charge in [-0.3, -0.25) is 4.21 Å². The van der Waals surface area contributed by atoms with Crippen molar-refractivity contribution in [3.63, 3.8) is 0 Å². The summed E-state index contributed by atoms with van der Waals surface area (Å²) in [7, 11) is -1.13. The molecule has 0 amide bonds. The summed E-state index contributed by atoms with van der Waals surface area (Å²) < 4.78 is 12.3. The summed E-state index contributed by atoms with van der Waals surface area (Å²) in [5, 5.41) is 0.646. The highest BCUT2D eigenvalue weighted by Gasteiger charge is 2.11. The minimum atomic E-state index is -1.13. The fourth-order valence-corrected chi connectivity index (χ4v) is 3.37. The van der Waals surface area contributed by atoms with Gasteiger partial charge in [-0.2, -0.15) is 0 Å². The molecule has 4 heteroatoms. The minimum absolute atomic E-state index is 0.407. The zero-order valence-electron chi connectivity index (χ0n) is 10.0. The third-order valence-electron chi connectivity index (χ3n) is 2.82. The minimum Gasteiger partial charge on any atom is -0.398 e. The maximum absolute atomic E-state index is 12.3. The Morgan fingerprint density at radius 1 is 1.17 bits per heavy atom. The van der Waals surface area contributed by atoms with Gasteiger partial charge >= 0.3 is 0 Å². The molecule has 0 aliphatic rings. The van der Waals surface area contributed by atoms with Crippen molar-refractivity contribution >= 4 is 28.1 Å². The molecule has 94 valence electrons. The number of anilines is 1. The maximum Gasteiger partial charge on any atom is 0.0578 e. The highest BCUT2D eigenvalue weighted by Crippen LogP contribution is 2.23. The Labute approximate surface area is 114 Å². The van der Waals surface area contributed by atoms with Crippen LogP contribution in [0.2, 0.25) is 5.02 Å². The molecular weight excluding hydrogens is 266 g/mol. The highest BCUT2D eigenvalue weighted by molar-refractivity contribution is 7.84. The van der Waals surface area contributed by atoms with E-state index in [9.17, 15) is 4.21 Å². The summed E-state index contributed by atoms with van der Waals surface area (Å²) in [6, 6.07) is 12.9. The summed E-state index contributed by atoms with van der Waals surface area (Å²) in [6.45, 7) is 1.88. The van der Waals surface area contributed by atoms with Gasteiger partial charge in [0.05, 0.1) is 16.6 Å². The van der Waals surface area contributed by atoms with Crippen molar-refractivity contribution in [2.75, 3.05) is 5.73 Å². The van der Waals surface area contributed by atoms with Crippen LogP contribution in [-0.4, -0.2) is 4.21 Å². The third-order valence-corrected chi connectivity index (χ3v) is 4.69. The molecule has 0 aliphatic heterocycles. The largest absolute Gasteiger partial charge is 0.398 e. The number of benzene rings is 2. The lowest BCUT2D eigenvalue weighted by Crippen LogP contribution is -2.01. The summed E-state index contributed by atoms with van der Waals surface area (Å²) in [4.78, 5) is 0.773. The Morgan fingerprint density at radius 3 is 2.61 bits per heavy atom. The first-order valence-electron chi connectivity index (χ1n) is 5.56. The van der Waals surface area contributed by atoms with Crippen LogP contribution in [0.15, 0.2) is 47.4 Å². The lowest BCUT2D eigenvalue weighted by molar-refractivity contribution is 0.682. The van der Waals surface area contributed by atoms with Gasteiger partial charge in [-0.15, -0.1) is 0 Å². The Hall–Kier alpha value is -1.32. The second-order valence-corrected chi connectivity index (χ2v) is 5.88. The van der Waals surface area contributed by atoms with Gasteiger partial charge in [-0.1, -0.05) is 35.9 Å². The normalized spacial score (nSPS) is 12.3. The smallest absolute Gasteiger partial charge is 0.0578 e. The first-order chi connectivity index (χ1) is 8.59. The van der Waals surface area contributed by atoms with Crippen LogP contribution in [0.1, 0.15) is 11.1 Å².